The maximum atomic E-state index is 11.7. The second kappa shape index (κ2) is 8.68. The highest BCUT2D eigenvalue weighted by molar-refractivity contribution is 9.10. The lowest BCUT2D eigenvalue weighted by molar-refractivity contribution is -0.123. The Labute approximate surface area is 156 Å². The second-order valence-electron chi connectivity index (χ2n) is 4.43. The number of thiophene rings is 1. The van der Waals surface area contributed by atoms with E-state index in [9.17, 15) is 4.79 Å². The number of hydrogen-bond acceptors (Lipinski definition) is 4. The minimum absolute atomic E-state index is 0.187. The number of hydrogen-bond donors (Lipinski definition) is 1. The maximum absolute atomic E-state index is 11.7. The van der Waals surface area contributed by atoms with Gasteiger partial charge in [0.2, 0.25) is 0 Å². The number of rotatable bonds is 6. The number of aryl methyl sites for hydroxylation is 1. The van der Waals surface area contributed by atoms with Crippen LogP contribution in [0.3, 0.4) is 0 Å². The normalized spacial score (nSPS) is 11.0. The van der Waals surface area contributed by atoms with E-state index in [2.05, 4.69) is 33.4 Å². The van der Waals surface area contributed by atoms with Crippen molar-refractivity contribution in [2.75, 3.05) is 6.61 Å². The molecule has 0 bridgehead atoms. The van der Waals surface area contributed by atoms with Gasteiger partial charge in [-0.05, 0) is 46.6 Å². The Hall–Kier alpha value is -1.08. The Bertz CT molecular complexity index is 734. The molecular weight excluding hydrogens is 423 g/mol. The summed E-state index contributed by atoms with van der Waals surface area (Å²) in [6.07, 6.45) is 2.54. The summed E-state index contributed by atoms with van der Waals surface area (Å²) >= 11 is 16.8. The zero-order chi connectivity index (χ0) is 16.8. The number of nitrogens with zero attached hydrogens (tertiary/aromatic N) is 1. The first-order valence-electron chi connectivity index (χ1n) is 6.67. The molecule has 0 aliphatic heterocycles. The van der Waals surface area contributed by atoms with E-state index in [1.54, 1.807) is 35.8 Å². The molecule has 0 spiro atoms. The lowest BCUT2D eigenvalue weighted by atomic mass is 10.3. The number of carbonyl (C=O) groups is 1. The van der Waals surface area contributed by atoms with Crippen LogP contribution < -0.4 is 10.2 Å². The molecule has 122 valence electrons. The fourth-order valence-corrected chi connectivity index (χ4v) is 3.92. The third-order valence-electron chi connectivity index (χ3n) is 2.73. The molecule has 0 atom stereocenters. The molecule has 1 amide bonds. The van der Waals surface area contributed by atoms with Crippen LogP contribution in [0.2, 0.25) is 10.0 Å². The van der Waals surface area contributed by atoms with Crippen LogP contribution in [0.25, 0.3) is 0 Å². The Morgan fingerprint density at radius 1 is 1.43 bits per heavy atom. The molecular formula is C15H13BrCl2N2O2S. The summed E-state index contributed by atoms with van der Waals surface area (Å²) < 4.78 is 6.37. The second-order valence-corrected chi connectivity index (χ2v) is 7.30. The number of hydrazone groups is 1. The highest BCUT2D eigenvalue weighted by Gasteiger charge is 2.06. The van der Waals surface area contributed by atoms with E-state index in [1.807, 2.05) is 6.07 Å². The number of carbonyl (C=O) groups excluding carboxylic acids is 1. The minimum atomic E-state index is -0.376. The number of benzene rings is 1. The van der Waals surface area contributed by atoms with Crippen molar-refractivity contribution < 1.29 is 9.53 Å². The first-order chi connectivity index (χ1) is 11.0. The molecule has 0 unspecified atom stereocenters. The monoisotopic (exact) mass is 434 g/mol. The lowest BCUT2D eigenvalue weighted by Gasteiger charge is -2.06. The molecule has 23 heavy (non-hydrogen) atoms. The predicted molar refractivity (Wildman–Crippen MR) is 99.1 cm³/mol. The van der Waals surface area contributed by atoms with Gasteiger partial charge in [-0.15, -0.1) is 11.3 Å². The third kappa shape index (κ3) is 5.49. The average Bonchev–Trinajstić information content (AvgIpc) is 2.86. The summed E-state index contributed by atoms with van der Waals surface area (Å²) in [5, 5.41) is 4.77. The van der Waals surface area contributed by atoms with Gasteiger partial charge in [0.25, 0.3) is 5.91 Å². The van der Waals surface area contributed by atoms with Crippen LogP contribution in [0, 0.1) is 0 Å². The zero-order valence-corrected chi connectivity index (χ0v) is 16.0. The van der Waals surface area contributed by atoms with E-state index < -0.39 is 0 Å². The highest BCUT2D eigenvalue weighted by Crippen LogP contribution is 2.27. The highest BCUT2D eigenvalue weighted by atomic mass is 79.9. The van der Waals surface area contributed by atoms with Gasteiger partial charge in [0, 0.05) is 19.2 Å². The number of halogens is 3. The molecule has 0 radical (unpaired) electrons. The van der Waals surface area contributed by atoms with Crippen molar-refractivity contribution in [3.8, 4) is 5.75 Å². The molecule has 0 fully saturated rings. The van der Waals surface area contributed by atoms with Crippen molar-refractivity contribution in [1.82, 2.24) is 5.43 Å². The molecule has 2 aromatic rings. The lowest BCUT2D eigenvalue weighted by Crippen LogP contribution is -2.24. The summed E-state index contributed by atoms with van der Waals surface area (Å²) in [4.78, 5) is 13.9. The quantitative estimate of drug-likeness (QED) is 0.517. The van der Waals surface area contributed by atoms with Crippen LogP contribution in [0.1, 0.15) is 16.7 Å². The van der Waals surface area contributed by atoms with Crippen molar-refractivity contribution in [1.29, 1.82) is 0 Å². The van der Waals surface area contributed by atoms with Gasteiger partial charge in [-0.2, -0.15) is 5.10 Å². The molecule has 0 aliphatic carbocycles. The van der Waals surface area contributed by atoms with E-state index in [4.69, 9.17) is 27.9 Å². The SMILES string of the molecule is CCc1sc(/C=N/NC(=O)COc2ccc(Cl)cc2Cl)cc1Br. The van der Waals surface area contributed by atoms with Gasteiger partial charge < -0.3 is 4.74 Å². The summed E-state index contributed by atoms with van der Waals surface area (Å²) in [7, 11) is 0. The Balaban J connectivity index is 1.83. The van der Waals surface area contributed by atoms with Gasteiger partial charge in [-0.25, -0.2) is 5.43 Å². The molecule has 1 aromatic carbocycles. The van der Waals surface area contributed by atoms with Crippen LogP contribution in [-0.2, 0) is 11.2 Å². The van der Waals surface area contributed by atoms with Gasteiger partial charge >= 0.3 is 0 Å². The smallest absolute Gasteiger partial charge is 0.277 e. The van der Waals surface area contributed by atoms with Gasteiger partial charge in [0.1, 0.15) is 5.75 Å². The first-order valence-corrected chi connectivity index (χ1v) is 9.04. The molecule has 1 N–H and O–H groups in total. The Morgan fingerprint density at radius 3 is 2.87 bits per heavy atom. The Kier molecular flexibility index (Phi) is 6.89. The maximum Gasteiger partial charge on any atom is 0.277 e. The molecule has 1 heterocycles. The average molecular weight is 436 g/mol. The van der Waals surface area contributed by atoms with Crippen LogP contribution in [0.15, 0.2) is 33.8 Å². The third-order valence-corrected chi connectivity index (χ3v) is 5.45. The van der Waals surface area contributed by atoms with Gasteiger partial charge in [-0.3, -0.25) is 4.79 Å². The predicted octanol–water partition coefficient (Wildman–Crippen LogP) is 4.91. The summed E-state index contributed by atoms with van der Waals surface area (Å²) in [6, 6.07) is 6.76. The largest absolute Gasteiger partial charge is 0.482 e. The van der Waals surface area contributed by atoms with Gasteiger partial charge in [0.15, 0.2) is 6.61 Å². The van der Waals surface area contributed by atoms with E-state index >= 15 is 0 Å². The van der Waals surface area contributed by atoms with Crippen molar-refractivity contribution in [2.24, 2.45) is 5.10 Å². The molecule has 0 saturated carbocycles. The van der Waals surface area contributed by atoms with Crippen molar-refractivity contribution in [3.63, 3.8) is 0 Å². The van der Waals surface area contributed by atoms with Crippen molar-refractivity contribution >= 4 is 62.6 Å². The van der Waals surface area contributed by atoms with Crippen LogP contribution in [-0.4, -0.2) is 18.7 Å². The Morgan fingerprint density at radius 2 is 2.22 bits per heavy atom. The molecule has 4 nitrogen and oxygen atoms in total. The van der Waals surface area contributed by atoms with Crippen LogP contribution in [0.4, 0.5) is 0 Å². The molecule has 8 heteroatoms. The zero-order valence-electron chi connectivity index (χ0n) is 12.1. The summed E-state index contributed by atoms with van der Waals surface area (Å²) in [6.45, 7) is 1.89. The molecule has 1 aromatic heterocycles. The van der Waals surface area contributed by atoms with Crippen molar-refractivity contribution in [2.45, 2.75) is 13.3 Å². The van der Waals surface area contributed by atoms with Gasteiger partial charge in [-0.1, -0.05) is 30.1 Å². The number of ether oxygens (including phenoxy) is 1. The van der Waals surface area contributed by atoms with Gasteiger partial charge in [0.05, 0.1) is 11.2 Å². The fraction of sp³-hybridized carbons (Fsp3) is 0.200. The van der Waals surface area contributed by atoms with Crippen LogP contribution in [0.5, 0.6) is 5.75 Å². The van der Waals surface area contributed by atoms with Crippen LogP contribution >= 0.6 is 50.5 Å². The molecule has 0 saturated heterocycles. The summed E-state index contributed by atoms with van der Waals surface area (Å²) in [5.74, 6) is 0.0172. The van der Waals surface area contributed by atoms with E-state index in [-0.39, 0.29) is 12.5 Å². The van der Waals surface area contributed by atoms with E-state index in [1.165, 1.54) is 4.88 Å². The first kappa shape index (κ1) is 18.3. The van der Waals surface area contributed by atoms with E-state index in [0.717, 1.165) is 15.8 Å². The standard InChI is InChI=1S/C15H13BrCl2N2O2S/c1-2-14-11(16)6-10(23-14)7-19-20-15(21)8-22-13-4-3-9(17)5-12(13)18/h3-7H,2,8H2,1H3,(H,20,21)/b19-7+. The minimum Gasteiger partial charge on any atom is -0.482 e. The molecule has 2 rings (SSSR count). The molecule has 0 aliphatic rings. The summed E-state index contributed by atoms with van der Waals surface area (Å²) in [5.41, 5.74) is 2.41. The number of amides is 1. The number of nitrogens with one attached hydrogen (secondary N) is 1. The fourth-order valence-electron chi connectivity index (χ4n) is 1.67. The van der Waals surface area contributed by atoms with E-state index in [0.29, 0.717) is 15.8 Å². The topological polar surface area (TPSA) is 50.7 Å². The van der Waals surface area contributed by atoms with Crippen molar-refractivity contribution in [3.05, 3.63) is 48.5 Å².